The van der Waals surface area contributed by atoms with Crippen LogP contribution in [0.3, 0.4) is 0 Å². The van der Waals surface area contributed by atoms with E-state index in [2.05, 4.69) is 20.6 Å². The number of amides is 1. The van der Waals surface area contributed by atoms with E-state index in [9.17, 15) is 4.79 Å². The molecule has 1 amide bonds. The van der Waals surface area contributed by atoms with Crippen molar-refractivity contribution in [2.24, 2.45) is 0 Å². The number of piperidine rings is 2. The Morgan fingerprint density at radius 1 is 1.14 bits per heavy atom. The average molecular weight is 406 g/mol. The molecule has 152 valence electrons. The van der Waals surface area contributed by atoms with Crippen LogP contribution in [0.5, 0.6) is 0 Å². The van der Waals surface area contributed by atoms with Crippen LogP contribution in [0.4, 0.5) is 0 Å². The zero-order valence-corrected chi connectivity index (χ0v) is 16.8. The van der Waals surface area contributed by atoms with Gasteiger partial charge in [-0.1, -0.05) is 0 Å². The molecule has 28 heavy (non-hydrogen) atoms. The van der Waals surface area contributed by atoms with Crippen molar-refractivity contribution in [3.63, 3.8) is 0 Å². The van der Waals surface area contributed by atoms with Crippen molar-refractivity contribution in [1.82, 2.24) is 35.2 Å². The van der Waals surface area contributed by atoms with Gasteiger partial charge >= 0.3 is 0 Å². The lowest BCUT2D eigenvalue weighted by Crippen LogP contribution is -2.39. The van der Waals surface area contributed by atoms with Crippen molar-refractivity contribution < 1.29 is 4.79 Å². The Hall–Kier alpha value is -1.93. The van der Waals surface area contributed by atoms with E-state index in [4.69, 9.17) is 4.98 Å². The van der Waals surface area contributed by atoms with Gasteiger partial charge in [-0.3, -0.25) is 14.6 Å². The summed E-state index contributed by atoms with van der Waals surface area (Å²) in [6.07, 6.45) is 8.66. The number of aromatic nitrogens is 5. The summed E-state index contributed by atoms with van der Waals surface area (Å²) in [6, 6.07) is 2.21. The van der Waals surface area contributed by atoms with Crippen LogP contribution in [0.15, 0.2) is 12.3 Å². The van der Waals surface area contributed by atoms with Crippen LogP contribution in [0.2, 0.25) is 0 Å². The second-order valence-corrected chi connectivity index (χ2v) is 8.12. The summed E-state index contributed by atoms with van der Waals surface area (Å²) in [7, 11) is 0. The lowest BCUT2D eigenvalue weighted by Gasteiger charge is -2.31. The minimum Gasteiger partial charge on any atom is -0.337 e. The third kappa shape index (κ3) is 3.93. The fourth-order valence-corrected chi connectivity index (χ4v) is 4.26. The smallest absolute Gasteiger partial charge is 0.274 e. The third-order valence-electron chi connectivity index (χ3n) is 6.03. The first kappa shape index (κ1) is 19.4. The Kier molecular flexibility index (Phi) is 5.68. The molecule has 0 spiro atoms. The van der Waals surface area contributed by atoms with Gasteiger partial charge in [0.2, 0.25) is 0 Å². The number of carbonyl (C=O) groups excluding carboxylic acids is 1. The number of halogens is 1. The molecule has 2 aromatic rings. The molecule has 8 nitrogen and oxygen atoms in total. The lowest BCUT2D eigenvalue weighted by molar-refractivity contribution is 0.0697. The molecule has 2 unspecified atom stereocenters. The highest BCUT2D eigenvalue weighted by molar-refractivity contribution is 5.92. The quantitative estimate of drug-likeness (QED) is 0.813. The zero-order valence-electron chi connectivity index (χ0n) is 16.0. The predicted molar refractivity (Wildman–Crippen MR) is 107 cm³/mol. The molecule has 2 N–H and O–H groups in total. The Morgan fingerprint density at radius 3 is 2.82 bits per heavy atom. The molecule has 3 aliphatic rings. The molecule has 3 fully saturated rings. The number of hydrogen-bond acceptors (Lipinski definition) is 5. The normalized spacial score (nSPS) is 25.4. The maximum Gasteiger partial charge on any atom is 0.274 e. The summed E-state index contributed by atoms with van der Waals surface area (Å²) in [5.74, 6) is 2.71. The number of nitrogens with one attached hydrogen (secondary N) is 2. The van der Waals surface area contributed by atoms with E-state index in [0.29, 0.717) is 24.2 Å². The van der Waals surface area contributed by atoms with Crippen LogP contribution in [0.25, 0.3) is 0 Å². The number of likely N-dealkylation sites (tertiary alicyclic amines) is 1. The van der Waals surface area contributed by atoms with Crippen LogP contribution in [-0.4, -0.2) is 61.9 Å². The summed E-state index contributed by atoms with van der Waals surface area (Å²) in [6.45, 7) is 3.46. The molecule has 2 aromatic heterocycles. The molecule has 0 bridgehead atoms. The van der Waals surface area contributed by atoms with Gasteiger partial charge in [-0.2, -0.15) is 10.2 Å². The Balaban J connectivity index is 0.00000192. The Labute approximate surface area is 170 Å². The first-order chi connectivity index (χ1) is 13.3. The lowest BCUT2D eigenvalue weighted by atomic mass is 9.97. The SMILES string of the molecule is Cl.O=C(c1ccn(C2CCCNC2)n1)N1CCCC(c2n[nH]c(C3CC3)n2)C1. The summed E-state index contributed by atoms with van der Waals surface area (Å²) < 4.78 is 1.96. The van der Waals surface area contributed by atoms with E-state index in [-0.39, 0.29) is 24.2 Å². The van der Waals surface area contributed by atoms with Crippen molar-refractivity contribution in [1.29, 1.82) is 0 Å². The molecule has 2 aliphatic heterocycles. The van der Waals surface area contributed by atoms with Gasteiger partial charge in [0, 0.05) is 37.7 Å². The van der Waals surface area contributed by atoms with Crippen LogP contribution < -0.4 is 5.32 Å². The molecule has 1 saturated carbocycles. The zero-order chi connectivity index (χ0) is 18.2. The summed E-state index contributed by atoms with van der Waals surface area (Å²) in [5.41, 5.74) is 0.551. The number of rotatable bonds is 4. The van der Waals surface area contributed by atoms with Crippen molar-refractivity contribution >= 4 is 18.3 Å². The predicted octanol–water partition coefficient (Wildman–Crippen LogP) is 2.24. The molecular weight excluding hydrogens is 378 g/mol. The van der Waals surface area contributed by atoms with Gasteiger partial charge in [-0.25, -0.2) is 4.98 Å². The molecule has 0 aromatic carbocycles. The first-order valence-electron chi connectivity index (χ1n) is 10.3. The van der Waals surface area contributed by atoms with Gasteiger partial charge < -0.3 is 10.2 Å². The maximum atomic E-state index is 13.0. The molecule has 2 saturated heterocycles. The van der Waals surface area contributed by atoms with Crippen LogP contribution in [0, 0.1) is 0 Å². The van der Waals surface area contributed by atoms with Gasteiger partial charge in [-0.15, -0.1) is 12.4 Å². The summed E-state index contributed by atoms with van der Waals surface area (Å²) >= 11 is 0. The number of H-pyrrole nitrogens is 1. The summed E-state index contributed by atoms with van der Waals surface area (Å²) in [5, 5.41) is 15.5. The topological polar surface area (TPSA) is 91.7 Å². The van der Waals surface area contributed by atoms with E-state index < -0.39 is 0 Å². The van der Waals surface area contributed by atoms with Gasteiger partial charge in [0.15, 0.2) is 5.82 Å². The van der Waals surface area contributed by atoms with Crippen LogP contribution in [-0.2, 0) is 0 Å². The van der Waals surface area contributed by atoms with E-state index in [1.807, 2.05) is 21.8 Å². The standard InChI is InChI=1S/C19H27N7O.ClH/c27-19(16-7-10-26(24-16)15-4-1-8-20-11-15)25-9-2-3-14(12-25)18-21-17(22-23-18)13-5-6-13;/h7,10,13-15,20H,1-6,8-9,11-12H2,(H,21,22,23);1H. The van der Waals surface area contributed by atoms with E-state index in [0.717, 1.165) is 57.0 Å². The maximum absolute atomic E-state index is 13.0. The van der Waals surface area contributed by atoms with Crippen LogP contribution in [0.1, 0.15) is 78.5 Å². The number of carbonyl (C=O) groups is 1. The number of hydrogen-bond donors (Lipinski definition) is 2. The average Bonchev–Trinajstić information content (AvgIpc) is 3.26. The number of aromatic amines is 1. The first-order valence-corrected chi connectivity index (χ1v) is 10.3. The second kappa shape index (κ2) is 8.21. The van der Waals surface area contributed by atoms with Crippen molar-refractivity contribution in [2.45, 2.75) is 56.4 Å². The molecule has 1 aliphatic carbocycles. The van der Waals surface area contributed by atoms with Crippen molar-refractivity contribution in [3.8, 4) is 0 Å². The monoisotopic (exact) mass is 405 g/mol. The van der Waals surface area contributed by atoms with E-state index >= 15 is 0 Å². The Bertz CT molecular complexity index is 809. The van der Waals surface area contributed by atoms with Crippen LogP contribution >= 0.6 is 12.4 Å². The van der Waals surface area contributed by atoms with E-state index in [1.54, 1.807) is 0 Å². The van der Waals surface area contributed by atoms with Gasteiger partial charge in [0.1, 0.15) is 11.5 Å². The largest absolute Gasteiger partial charge is 0.337 e. The van der Waals surface area contributed by atoms with Crippen molar-refractivity contribution in [3.05, 3.63) is 29.6 Å². The van der Waals surface area contributed by atoms with Gasteiger partial charge in [0.25, 0.3) is 5.91 Å². The second-order valence-electron chi connectivity index (χ2n) is 8.12. The van der Waals surface area contributed by atoms with Gasteiger partial charge in [-0.05, 0) is 51.1 Å². The summed E-state index contributed by atoms with van der Waals surface area (Å²) in [4.78, 5) is 19.6. The van der Waals surface area contributed by atoms with E-state index in [1.165, 1.54) is 12.8 Å². The fraction of sp³-hybridized carbons (Fsp3) is 0.684. The third-order valence-corrected chi connectivity index (χ3v) is 6.03. The molecular formula is C19H28ClN7O. The Morgan fingerprint density at radius 2 is 2.04 bits per heavy atom. The molecule has 4 heterocycles. The molecule has 5 rings (SSSR count). The minimum absolute atomic E-state index is 0. The minimum atomic E-state index is 0. The highest BCUT2D eigenvalue weighted by Crippen LogP contribution is 2.38. The van der Waals surface area contributed by atoms with Crippen molar-refractivity contribution in [2.75, 3.05) is 26.2 Å². The molecule has 0 radical (unpaired) electrons. The highest BCUT2D eigenvalue weighted by atomic mass is 35.5. The van der Waals surface area contributed by atoms with Gasteiger partial charge in [0.05, 0.1) is 6.04 Å². The molecule has 2 atom stereocenters. The fourth-order valence-electron chi connectivity index (χ4n) is 4.26. The molecule has 9 heteroatoms. The number of nitrogens with zero attached hydrogens (tertiary/aromatic N) is 5. The highest BCUT2D eigenvalue weighted by Gasteiger charge is 2.32.